The number of benzene rings is 2. The van der Waals surface area contributed by atoms with Crippen molar-refractivity contribution >= 4 is 33.7 Å². The predicted octanol–water partition coefficient (Wildman–Crippen LogP) is 2.55. The van der Waals surface area contributed by atoms with Crippen molar-refractivity contribution in [2.75, 3.05) is 11.9 Å². The number of sulfonamides is 1. The van der Waals surface area contributed by atoms with Gasteiger partial charge in [0.05, 0.1) is 29.9 Å². The summed E-state index contributed by atoms with van der Waals surface area (Å²) >= 11 is 0. The third-order valence-corrected chi connectivity index (χ3v) is 5.87. The average molecular weight is 485 g/mol. The zero-order chi connectivity index (χ0) is 24.6. The van der Waals surface area contributed by atoms with Gasteiger partial charge in [0.25, 0.3) is 0 Å². The van der Waals surface area contributed by atoms with Crippen LogP contribution in [0, 0.1) is 6.92 Å². The molecular weight excluding hydrogens is 460 g/mol. The number of nitrogens with zero attached hydrogens (tertiary/aromatic N) is 1. The molecule has 3 rings (SSSR count). The van der Waals surface area contributed by atoms with Crippen molar-refractivity contribution in [3.8, 4) is 5.75 Å². The van der Waals surface area contributed by atoms with E-state index in [-0.39, 0.29) is 17.2 Å². The Labute approximate surface area is 197 Å². The lowest BCUT2D eigenvalue weighted by Gasteiger charge is -2.10. The summed E-state index contributed by atoms with van der Waals surface area (Å²) in [5.41, 5.74) is 3.41. The topological polar surface area (TPSA) is 139 Å². The number of carbonyl (C=O) groups excluding carboxylic acids is 2. The minimum atomic E-state index is -3.69. The molecule has 2 amide bonds. The molecule has 0 saturated carbocycles. The maximum atomic E-state index is 12.4. The van der Waals surface area contributed by atoms with Gasteiger partial charge in [-0.3, -0.25) is 9.59 Å². The molecule has 178 valence electrons. The SMILES string of the molecule is CCOc1ccccc1NC(=O)C(=O)N/N=C/c1ccc(CNS(=O)(=O)c2ccc(C)cc2)o1. The van der Waals surface area contributed by atoms with E-state index < -0.39 is 21.8 Å². The molecule has 34 heavy (non-hydrogen) atoms. The Morgan fingerprint density at radius 2 is 1.76 bits per heavy atom. The van der Waals surface area contributed by atoms with Crippen LogP contribution in [0.15, 0.2) is 75.1 Å². The van der Waals surface area contributed by atoms with E-state index in [4.69, 9.17) is 9.15 Å². The normalized spacial score (nSPS) is 11.4. The minimum absolute atomic E-state index is 0.0714. The second-order valence-corrected chi connectivity index (χ2v) is 8.79. The van der Waals surface area contributed by atoms with Gasteiger partial charge in [-0.15, -0.1) is 0 Å². The second kappa shape index (κ2) is 11.3. The lowest BCUT2D eigenvalue weighted by atomic mass is 10.2. The second-order valence-electron chi connectivity index (χ2n) is 7.02. The lowest BCUT2D eigenvalue weighted by molar-refractivity contribution is -0.136. The number of rotatable bonds is 9. The fraction of sp³-hybridized carbons (Fsp3) is 0.174. The van der Waals surface area contributed by atoms with E-state index in [0.29, 0.717) is 23.8 Å². The number of anilines is 1. The van der Waals surface area contributed by atoms with Crippen LogP contribution >= 0.6 is 0 Å². The summed E-state index contributed by atoms with van der Waals surface area (Å²) in [6.07, 6.45) is 1.19. The largest absolute Gasteiger partial charge is 0.492 e. The first-order valence-corrected chi connectivity index (χ1v) is 11.8. The quantitative estimate of drug-likeness (QED) is 0.242. The number of amides is 2. The number of carbonyl (C=O) groups is 2. The van der Waals surface area contributed by atoms with Crippen molar-refractivity contribution in [2.45, 2.75) is 25.3 Å². The number of hydrazone groups is 1. The summed E-state index contributed by atoms with van der Waals surface area (Å²) in [5, 5.41) is 6.15. The fourth-order valence-electron chi connectivity index (χ4n) is 2.76. The van der Waals surface area contributed by atoms with Crippen molar-refractivity contribution < 1.29 is 27.2 Å². The highest BCUT2D eigenvalue weighted by molar-refractivity contribution is 7.89. The van der Waals surface area contributed by atoms with Crippen LogP contribution in [-0.2, 0) is 26.2 Å². The molecule has 1 aromatic heterocycles. The molecule has 11 heteroatoms. The molecule has 3 aromatic rings. The molecule has 0 aliphatic rings. The van der Waals surface area contributed by atoms with Gasteiger partial charge >= 0.3 is 11.8 Å². The summed E-state index contributed by atoms with van der Waals surface area (Å²) in [4.78, 5) is 24.2. The molecule has 0 atom stereocenters. The summed E-state index contributed by atoms with van der Waals surface area (Å²) in [6, 6.07) is 16.3. The standard InChI is InChI=1S/C23H24N4O6S/c1-3-32-21-7-5-4-6-20(21)26-22(28)23(29)27-24-14-17-10-11-18(33-17)15-25-34(30,31)19-12-8-16(2)9-13-19/h4-14,25H,3,15H2,1-2H3,(H,26,28)(H,27,29)/b24-14+. The van der Waals surface area contributed by atoms with Crippen molar-refractivity contribution in [3.05, 3.63) is 77.7 Å². The Balaban J connectivity index is 1.51. The van der Waals surface area contributed by atoms with E-state index in [0.717, 1.165) is 5.56 Å². The first kappa shape index (κ1) is 24.7. The van der Waals surface area contributed by atoms with Gasteiger partial charge in [0, 0.05) is 0 Å². The molecule has 2 aromatic carbocycles. The third kappa shape index (κ3) is 6.77. The van der Waals surface area contributed by atoms with Crippen molar-refractivity contribution in [1.82, 2.24) is 10.1 Å². The van der Waals surface area contributed by atoms with Crippen LogP contribution in [0.1, 0.15) is 24.0 Å². The van der Waals surface area contributed by atoms with E-state index in [1.54, 1.807) is 55.5 Å². The molecule has 0 aliphatic heterocycles. The van der Waals surface area contributed by atoms with Crippen LogP contribution in [0.3, 0.4) is 0 Å². The highest BCUT2D eigenvalue weighted by atomic mass is 32.2. The van der Waals surface area contributed by atoms with Crippen molar-refractivity contribution in [3.63, 3.8) is 0 Å². The molecule has 10 nitrogen and oxygen atoms in total. The van der Waals surface area contributed by atoms with Crippen molar-refractivity contribution in [2.24, 2.45) is 5.10 Å². The van der Waals surface area contributed by atoms with Gasteiger partial charge in [0.1, 0.15) is 17.3 Å². The first-order valence-electron chi connectivity index (χ1n) is 10.3. The molecule has 0 bridgehead atoms. The van der Waals surface area contributed by atoms with Gasteiger partial charge in [-0.1, -0.05) is 29.8 Å². The van der Waals surface area contributed by atoms with Crippen LogP contribution in [0.4, 0.5) is 5.69 Å². The fourth-order valence-corrected chi connectivity index (χ4v) is 3.75. The predicted molar refractivity (Wildman–Crippen MR) is 126 cm³/mol. The zero-order valence-corrected chi connectivity index (χ0v) is 19.4. The molecule has 3 N–H and O–H groups in total. The van der Waals surface area contributed by atoms with Gasteiger partial charge in [-0.25, -0.2) is 18.6 Å². The molecular formula is C23H24N4O6S. The first-order chi connectivity index (χ1) is 16.3. The number of ether oxygens (including phenoxy) is 1. The van der Waals surface area contributed by atoms with E-state index in [1.165, 1.54) is 18.3 Å². The maximum absolute atomic E-state index is 12.4. The molecule has 0 saturated heterocycles. The average Bonchev–Trinajstić information content (AvgIpc) is 3.27. The molecule has 0 aliphatic carbocycles. The van der Waals surface area contributed by atoms with Crippen LogP contribution in [0.5, 0.6) is 5.75 Å². The van der Waals surface area contributed by atoms with Crippen molar-refractivity contribution in [1.29, 1.82) is 0 Å². The smallest absolute Gasteiger partial charge is 0.329 e. The lowest BCUT2D eigenvalue weighted by Crippen LogP contribution is -2.32. The van der Waals surface area contributed by atoms with E-state index in [2.05, 4.69) is 20.6 Å². The third-order valence-electron chi connectivity index (χ3n) is 4.45. The Morgan fingerprint density at radius 1 is 1.03 bits per heavy atom. The Hall–Kier alpha value is -3.96. The van der Waals surface area contributed by atoms with Gasteiger partial charge < -0.3 is 14.5 Å². The van der Waals surface area contributed by atoms with Crippen LogP contribution in [-0.4, -0.2) is 33.1 Å². The highest BCUT2D eigenvalue weighted by Crippen LogP contribution is 2.23. The summed E-state index contributed by atoms with van der Waals surface area (Å²) in [5.74, 6) is -0.869. The molecule has 0 unspecified atom stereocenters. The summed E-state index contributed by atoms with van der Waals surface area (Å²) in [6.45, 7) is 4.01. The number of para-hydroxylation sites is 2. The number of hydrogen-bond acceptors (Lipinski definition) is 7. The van der Waals surface area contributed by atoms with Crippen LogP contribution in [0.2, 0.25) is 0 Å². The summed E-state index contributed by atoms with van der Waals surface area (Å²) in [7, 11) is -3.69. The Morgan fingerprint density at radius 3 is 2.50 bits per heavy atom. The van der Waals surface area contributed by atoms with Gasteiger partial charge in [0.15, 0.2) is 0 Å². The number of hydrogen-bond donors (Lipinski definition) is 3. The number of aryl methyl sites for hydroxylation is 1. The number of furan rings is 1. The van der Waals surface area contributed by atoms with Crippen LogP contribution in [0.25, 0.3) is 0 Å². The Bertz CT molecular complexity index is 1280. The maximum Gasteiger partial charge on any atom is 0.329 e. The molecule has 0 fully saturated rings. The molecule has 0 spiro atoms. The van der Waals surface area contributed by atoms with Crippen LogP contribution < -0.4 is 20.2 Å². The zero-order valence-electron chi connectivity index (χ0n) is 18.6. The Kier molecular flexibility index (Phi) is 8.17. The van der Waals surface area contributed by atoms with Gasteiger partial charge in [0.2, 0.25) is 10.0 Å². The van der Waals surface area contributed by atoms with Gasteiger partial charge in [-0.2, -0.15) is 5.10 Å². The molecule has 1 heterocycles. The molecule has 0 radical (unpaired) electrons. The highest BCUT2D eigenvalue weighted by Gasteiger charge is 2.16. The van der Waals surface area contributed by atoms with Gasteiger partial charge in [-0.05, 0) is 50.2 Å². The minimum Gasteiger partial charge on any atom is -0.492 e. The van der Waals surface area contributed by atoms with E-state index in [9.17, 15) is 18.0 Å². The monoisotopic (exact) mass is 484 g/mol. The number of nitrogens with one attached hydrogen (secondary N) is 3. The van der Waals surface area contributed by atoms with E-state index >= 15 is 0 Å². The van der Waals surface area contributed by atoms with E-state index in [1.807, 2.05) is 6.92 Å². The summed E-state index contributed by atoms with van der Waals surface area (Å²) < 4.78 is 38.0.